The third-order valence-electron chi connectivity index (χ3n) is 3.34. The van der Waals surface area contributed by atoms with Gasteiger partial charge >= 0.3 is 0 Å². The maximum atomic E-state index is 12.3. The SMILES string of the molecule is CCC(C)(NC(=O)c1cnn2ccncc12)/C(N)=N/O. The molecule has 106 valence electrons. The molecule has 1 amide bonds. The van der Waals surface area contributed by atoms with Crippen LogP contribution in [0.2, 0.25) is 0 Å². The van der Waals surface area contributed by atoms with E-state index in [1.165, 1.54) is 6.20 Å². The molecule has 8 nitrogen and oxygen atoms in total. The molecule has 0 saturated heterocycles. The Kier molecular flexibility index (Phi) is 3.55. The van der Waals surface area contributed by atoms with Gasteiger partial charge < -0.3 is 16.3 Å². The van der Waals surface area contributed by atoms with E-state index in [0.717, 1.165) is 0 Å². The van der Waals surface area contributed by atoms with Crippen LogP contribution in [0.5, 0.6) is 0 Å². The maximum Gasteiger partial charge on any atom is 0.255 e. The minimum atomic E-state index is -0.928. The average molecular weight is 276 g/mol. The molecule has 0 fully saturated rings. The molecule has 2 aromatic rings. The van der Waals surface area contributed by atoms with Gasteiger partial charge in [0.1, 0.15) is 0 Å². The number of oxime groups is 1. The van der Waals surface area contributed by atoms with Gasteiger partial charge in [-0.15, -0.1) is 0 Å². The van der Waals surface area contributed by atoms with Crippen molar-refractivity contribution in [1.82, 2.24) is 19.9 Å². The first-order valence-electron chi connectivity index (χ1n) is 6.09. The van der Waals surface area contributed by atoms with Gasteiger partial charge in [0.25, 0.3) is 5.91 Å². The van der Waals surface area contributed by atoms with E-state index >= 15 is 0 Å². The molecule has 0 radical (unpaired) electrons. The number of carbonyl (C=O) groups excluding carboxylic acids is 1. The fourth-order valence-corrected chi connectivity index (χ4v) is 1.77. The second kappa shape index (κ2) is 5.16. The Morgan fingerprint density at radius 3 is 3.00 bits per heavy atom. The molecule has 8 heteroatoms. The lowest BCUT2D eigenvalue weighted by atomic mass is 9.97. The van der Waals surface area contributed by atoms with Crippen molar-refractivity contribution < 1.29 is 10.0 Å². The maximum absolute atomic E-state index is 12.3. The molecule has 2 rings (SSSR count). The van der Waals surface area contributed by atoms with Gasteiger partial charge in [-0.25, -0.2) is 4.52 Å². The molecule has 0 aliphatic carbocycles. The molecule has 0 saturated carbocycles. The van der Waals surface area contributed by atoms with Crippen LogP contribution in [0, 0.1) is 0 Å². The summed E-state index contributed by atoms with van der Waals surface area (Å²) in [5.74, 6) is -0.410. The van der Waals surface area contributed by atoms with Crippen molar-refractivity contribution in [3.8, 4) is 0 Å². The zero-order valence-electron chi connectivity index (χ0n) is 11.2. The zero-order chi connectivity index (χ0) is 14.8. The number of fused-ring (bicyclic) bond motifs is 1. The van der Waals surface area contributed by atoms with Crippen LogP contribution in [-0.2, 0) is 0 Å². The number of aromatic nitrogens is 3. The lowest BCUT2D eigenvalue weighted by molar-refractivity contribution is 0.0926. The Morgan fingerprint density at radius 2 is 2.35 bits per heavy atom. The molecule has 0 aliphatic heterocycles. The van der Waals surface area contributed by atoms with Gasteiger partial charge in [0.05, 0.1) is 29.0 Å². The fourth-order valence-electron chi connectivity index (χ4n) is 1.77. The number of carbonyl (C=O) groups is 1. The molecule has 1 atom stereocenters. The summed E-state index contributed by atoms with van der Waals surface area (Å²) >= 11 is 0. The van der Waals surface area contributed by atoms with Crippen molar-refractivity contribution in [1.29, 1.82) is 0 Å². The second-order valence-corrected chi connectivity index (χ2v) is 4.59. The van der Waals surface area contributed by atoms with Crippen LogP contribution >= 0.6 is 0 Å². The summed E-state index contributed by atoms with van der Waals surface area (Å²) in [6, 6.07) is 0. The predicted octanol–water partition coefficient (Wildman–Crippen LogP) is 0.374. The number of amidine groups is 1. The quantitative estimate of drug-likeness (QED) is 0.323. The van der Waals surface area contributed by atoms with Gasteiger partial charge in [-0.05, 0) is 13.3 Å². The van der Waals surface area contributed by atoms with Gasteiger partial charge in [0.2, 0.25) is 0 Å². The number of nitrogens with one attached hydrogen (secondary N) is 1. The van der Waals surface area contributed by atoms with Crippen molar-refractivity contribution in [2.24, 2.45) is 10.9 Å². The van der Waals surface area contributed by atoms with E-state index < -0.39 is 5.54 Å². The predicted molar refractivity (Wildman–Crippen MR) is 72.6 cm³/mol. The van der Waals surface area contributed by atoms with E-state index in [-0.39, 0.29) is 11.7 Å². The minimum absolute atomic E-state index is 0.0528. The van der Waals surface area contributed by atoms with Crippen molar-refractivity contribution in [2.75, 3.05) is 0 Å². The Bertz CT molecular complexity index is 665. The smallest absolute Gasteiger partial charge is 0.255 e. The van der Waals surface area contributed by atoms with Crippen LogP contribution in [0.1, 0.15) is 30.6 Å². The van der Waals surface area contributed by atoms with Gasteiger partial charge in [-0.1, -0.05) is 12.1 Å². The standard InChI is InChI=1S/C12H16N6O2/c1-3-12(2,11(13)17-20)16-10(19)8-6-15-18-5-4-14-7-9(8)18/h4-7,20H,3H2,1-2H3,(H2,13,17)(H,16,19). The number of nitrogens with zero attached hydrogens (tertiary/aromatic N) is 4. The van der Waals surface area contributed by atoms with Gasteiger partial charge in [-0.3, -0.25) is 9.78 Å². The van der Waals surface area contributed by atoms with Crippen molar-refractivity contribution in [3.63, 3.8) is 0 Å². The first-order valence-corrected chi connectivity index (χ1v) is 6.09. The normalized spacial score (nSPS) is 15.0. The highest BCUT2D eigenvalue weighted by Crippen LogP contribution is 2.14. The van der Waals surface area contributed by atoms with E-state index in [0.29, 0.717) is 17.5 Å². The highest BCUT2D eigenvalue weighted by molar-refractivity contribution is 6.04. The molecule has 20 heavy (non-hydrogen) atoms. The van der Waals surface area contributed by atoms with E-state index in [9.17, 15) is 4.79 Å². The largest absolute Gasteiger partial charge is 0.409 e. The Labute approximate surface area is 115 Å². The van der Waals surface area contributed by atoms with E-state index in [2.05, 4.69) is 20.6 Å². The summed E-state index contributed by atoms with van der Waals surface area (Å²) in [4.78, 5) is 16.3. The topological polar surface area (TPSA) is 118 Å². The molecular weight excluding hydrogens is 260 g/mol. The summed E-state index contributed by atoms with van der Waals surface area (Å²) < 4.78 is 1.55. The number of nitrogens with two attached hydrogens (primary N) is 1. The van der Waals surface area contributed by atoms with Crippen LogP contribution in [0.15, 0.2) is 29.9 Å². The van der Waals surface area contributed by atoms with E-state index in [4.69, 9.17) is 10.9 Å². The number of rotatable bonds is 4. The molecule has 1 unspecified atom stereocenters. The molecule has 2 aromatic heterocycles. The lowest BCUT2D eigenvalue weighted by Gasteiger charge is -2.27. The Hall–Kier alpha value is -2.64. The monoisotopic (exact) mass is 276 g/mol. The zero-order valence-corrected chi connectivity index (χ0v) is 11.2. The first-order chi connectivity index (χ1) is 9.51. The van der Waals surface area contributed by atoms with Gasteiger partial charge in [0.15, 0.2) is 5.84 Å². The molecule has 0 aliphatic rings. The number of amides is 1. The molecular formula is C12H16N6O2. The van der Waals surface area contributed by atoms with Gasteiger partial charge in [0, 0.05) is 12.4 Å². The second-order valence-electron chi connectivity index (χ2n) is 4.59. The van der Waals surface area contributed by atoms with Gasteiger partial charge in [-0.2, -0.15) is 5.10 Å². The lowest BCUT2D eigenvalue weighted by Crippen LogP contribution is -2.55. The summed E-state index contributed by atoms with van der Waals surface area (Å²) in [6.45, 7) is 3.51. The first kappa shape index (κ1) is 13.8. The third kappa shape index (κ3) is 2.27. The Morgan fingerprint density at radius 1 is 1.60 bits per heavy atom. The van der Waals surface area contributed by atoms with Crippen LogP contribution in [0.25, 0.3) is 5.52 Å². The van der Waals surface area contributed by atoms with Crippen LogP contribution in [-0.4, -0.2) is 37.1 Å². The highest BCUT2D eigenvalue weighted by Gasteiger charge is 2.30. The summed E-state index contributed by atoms with van der Waals surface area (Å²) in [7, 11) is 0. The Balaban J connectivity index is 2.32. The van der Waals surface area contributed by atoms with E-state index in [1.807, 2.05) is 6.92 Å². The minimum Gasteiger partial charge on any atom is -0.409 e. The van der Waals surface area contributed by atoms with Crippen molar-refractivity contribution >= 4 is 17.3 Å². The molecule has 0 aromatic carbocycles. The molecule has 2 heterocycles. The summed E-state index contributed by atoms with van der Waals surface area (Å²) in [5, 5.41) is 18.6. The van der Waals surface area contributed by atoms with Crippen LogP contribution in [0.3, 0.4) is 0 Å². The number of hydrogen-bond acceptors (Lipinski definition) is 5. The fraction of sp³-hybridized carbons (Fsp3) is 0.333. The molecule has 4 N–H and O–H groups in total. The number of hydrogen-bond donors (Lipinski definition) is 3. The molecule has 0 bridgehead atoms. The summed E-state index contributed by atoms with van der Waals surface area (Å²) in [6.07, 6.45) is 6.71. The summed E-state index contributed by atoms with van der Waals surface area (Å²) in [5.41, 5.74) is 5.66. The molecule has 0 spiro atoms. The van der Waals surface area contributed by atoms with Crippen LogP contribution < -0.4 is 11.1 Å². The third-order valence-corrected chi connectivity index (χ3v) is 3.34. The van der Waals surface area contributed by atoms with Crippen molar-refractivity contribution in [2.45, 2.75) is 25.8 Å². The van der Waals surface area contributed by atoms with E-state index in [1.54, 1.807) is 30.0 Å². The van der Waals surface area contributed by atoms with Crippen molar-refractivity contribution in [3.05, 3.63) is 30.4 Å². The average Bonchev–Trinajstić information content (AvgIpc) is 2.90. The van der Waals surface area contributed by atoms with Crippen LogP contribution in [0.4, 0.5) is 0 Å². The highest BCUT2D eigenvalue weighted by atomic mass is 16.4.